The Morgan fingerprint density at radius 1 is 1.37 bits per heavy atom. The SMILES string of the molecule is O[C@@H]1CCN(Cc2nnc(-c3ccccc3Br)o2)C1. The minimum absolute atomic E-state index is 0.231. The third kappa shape index (κ3) is 2.86. The van der Waals surface area contributed by atoms with Crippen LogP contribution in [-0.4, -0.2) is 39.4 Å². The van der Waals surface area contributed by atoms with Gasteiger partial charge in [0.15, 0.2) is 0 Å². The van der Waals surface area contributed by atoms with Crippen LogP contribution in [0.25, 0.3) is 11.5 Å². The van der Waals surface area contributed by atoms with Crippen molar-refractivity contribution >= 4 is 15.9 Å². The highest BCUT2D eigenvalue weighted by Gasteiger charge is 2.22. The van der Waals surface area contributed by atoms with E-state index in [0.29, 0.717) is 24.9 Å². The summed E-state index contributed by atoms with van der Waals surface area (Å²) < 4.78 is 6.60. The van der Waals surface area contributed by atoms with Crippen LogP contribution in [-0.2, 0) is 6.54 Å². The summed E-state index contributed by atoms with van der Waals surface area (Å²) in [4.78, 5) is 2.11. The predicted molar refractivity (Wildman–Crippen MR) is 73.3 cm³/mol. The lowest BCUT2D eigenvalue weighted by Crippen LogP contribution is -2.21. The lowest BCUT2D eigenvalue weighted by atomic mass is 10.2. The molecule has 6 heteroatoms. The Bertz CT molecular complexity index is 573. The molecule has 1 aliphatic rings. The van der Waals surface area contributed by atoms with Crippen molar-refractivity contribution in [1.29, 1.82) is 0 Å². The van der Waals surface area contributed by atoms with E-state index in [2.05, 4.69) is 31.0 Å². The smallest absolute Gasteiger partial charge is 0.248 e. The Kier molecular flexibility index (Phi) is 3.63. The molecule has 3 rings (SSSR count). The second kappa shape index (κ2) is 5.40. The maximum Gasteiger partial charge on any atom is 0.248 e. The van der Waals surface area contributed by atoms with Crippen LogP contribution in [0.3, 0.4) is 0 Å². The molecule has 1 aromatic carbocycles. The average molecular weight is 324 g/mol. The van der Waals surface area contributed by atoms with E-state index >= 15 is 0 Å². The van der Waals surface area contributed by atoms with Gasteiger partial charge in [0.1, 0.15) is 0 Å². The van der Waals surface area contributed by atoms with Gasteiger partial charge in [-0.05, 0) is 34.5 Å². The van der Waals surface area contributed by atoms with E-state index in [-0.39, 0.29) is 6.10 Å². The summed E-state index contributed by atoms with van der Waals surface area (Å²) in [6.45, 7) is 2.13. The summed E-state index contributed by atoms with van der Waals surface area (Å²) in [5, 5.41) is 17.6. The second-order valence-electron chi connectivity index (χ2n) is 4.66. The Hall–Kier alpha value is -1.24. The Balaban J connectivity index is 1.75. The molecule has 2 heterocycles. The van der Waals surface area contributed by atoms with Crippen LogP contribution in [0.4, 0.5) is 0 Å². The fourth-order valence-electron chi connectivity index (χ4n) is 2.21. The van der Waals surface area contributed by atoms with Crippen LogP contribution in [0.5, 0.6) is 0 Å². The largest absolute Gasteiger partial charge is 0.419 e. The van der Waals surface area contributed by atoms with Crippen molar-refractivity contribution in [3.63, 3.8) is 0 Å². The molecule has 1 atom stereocenters. The summed E-state index contributed by atoms with van der Waals surface area (Å²) in [6.07, 6.45) is 0.580. The van der Waals surface area contributed by atoms with Crippen molar-refractivity contribution in [2.75, 3.05) is 13.1 Å². The molecule has 1 N–H and O–H groups in total. The summed E-state index contributed by atoms with van der Waals surface area (Å²) in [5.74, 6) is 1.10. The summed E-state index contributed by atoms with van der Waals surface area (Å²) in [5.41, 5.74) is 0.891. The van der Waals surface area contributed by atoms with Gasteiger partial charge in [-0.2, -0.15) is 0 Å². The van der Waals surface area contributed by atoms with Crippen LogP contribution in [0.2, 0.25) is 0 Å². The standard InChI is InChI=1S/C13H14BrN3O2/c14-11-4-2-1-3-10(11)13-16-15-12(19-13)8-17-6-5-9(18)7-17/h1-4,9,18H,5-8H2/t9-/m1/s1. The molecule has 1 aromatic heterocycles. The highest BCUT2D eigenvalue weighted by Crippen LogP contribution is 2.27. The molecule has 1 fully saturated rings. The monoisotopic (exact) mass is 323 g/mol. The van der Waals surface area contributed by atoms with Crippen molar-refractivity contribution in [3.05, 3.63) is 34.6 Å². The van der Waals surface area contributed by atoms with Crippen molar-refractivity contribution < 1.29 is 9.52 Å². The van der Waals surface area contributed by atoms with Crippen LogP contribution in [0.1, 0.15) is 12.3 Å². The van der Waals surface area contributed by atoms with Gasteiger partial charge in [0.25, 0.3) is 0 Å². The summed E-state index contributed by atoms with van der Waals surface area (Å²) in [7, 11) is 0. The number of rotatable bonds is 3. The molecule has 0 saturated carbocycles. The van der Waals surface area contributed by atoms with Crippen LogP contribution < -0.4 is 0 Å². The quantitative estimate of drug-likeness (QED) is 0.936. The highest BCUT2D eigenvalue weighted by molar-refractivity contribution is 9.10. The third-order valence-corrected chi connectivity index (χ3v) is 3.87. The number of benzene rings is 1. The lowest BCUT2D eigenvalue weighted by Gasteiger charge is -2.10. The van der Waals surface area contributed by atoms with Crippen LogP contribution in [0, 0.1) is 0 Å². The van der Waals surface area contributed by atoms with E-state index in [4.69, 9.17) is 4.42 Å². The topological polar surface area (TPSA) is 62.4 Å². The molecule has 5 nitrogen and oxygen atoms in total. The summed E-state index contributed by atoms with van der Waals surface area (Å²) in [6, 6.07) is 7.74. The normalized spacial score (nSPS) is 20.0. The molecular formula is C13H14BrN3O2. The molecule has 0 aliphatic carbocycles. The molecule has 0 bridgehead atoms. The minimum atomic E-state index is -0.231. The fraction of sp³-hybridized carbons (Fsp3) is 0.385. The maximum absolute atomic E-state index is 9.48. The number of aromatic nitrogens is 2. The Morgan fingerprint density at radius 2 is 2.21 bits per heavy atom. The zero-order chi connectivity index (χ0) is 13.2. The first-order chi connectivity index (χ1) is 9.22. The van der Waals surface area contributed by atoms with Gasteiger partial charge in [-0.1, -0.05) is 12.1 Å². The first kappa shape index (κ1) is 12.8. The second-order valence-corrected chi connectivity index (χ2v) is 5.51. The molecule has 0 spiro atoms. The predicted octanol–water partition coefficient (Wildman–Crippen LogP) is 2.07. The van der Waals surface area contributed by atoms with Gasteiger partial charge >= 0.3 is 0 Å². The van der Waals surface area contributed by atoms with Gasteiger partial charge in [0, 0.05) is 17.6 Å². The molecule has 100 valence electrons. The van der Waals surface area contributed by atoms with Crippen molar-refractivity contribution in [2.24, 2.45) is 0 Å². The molecule has 1 saturated heterocycles. The van der Waals surface area contributed by atoms with Crippen molar-refractivity contribution in [2.45, 2.75) is 19.1 Å². The van der Waals surface area contributed by atoms with E-state index < -0.39 is 0 Å². The van der Waals surface area contributed by atoms with Gasteiger partial charge < -0.3 is 9.52 Å². The summed E-state index contributed by atoms with van der Waals surface area (Å²) >= 11 is 3.47. The molecule has 0 amide bonds. The van der Waals surface area contributed by atoms with Crippen molar-refractivity contribution in [3.8, 4) is 11.5 Å². The molecular weight excluding hydrogens is 310 g/mol. The number of nitrogens with zero attached hydrogens (tertiary/aromatic N) is 3. The number of hydrogen-bond donors (Lipinski definition) is 1. The van der Waals surface area contributed by atoms with E-state index in [0.717, 1.165) is 23.0 Å². The Morgan fingerprint density at radius 3 is 2.95 bits per heavy atom. The van der Waals surface area contributed by atoms with Gasteiger partial charge in [-0.15, -0.1) is 10.2 Å². The zero-order valence-corrected chi connectivity index (χ0v) is 11.9. The van der Waals surface area contributed by atoms with Crippen LogP contribution >= 0.6 is 15.9 Å². The molecule has 0 unspecified atom stereocenters. The van der Waals surface area contributed by atoms with E-state index in [1.807, 2.05) is 24.3 Å². The highest BCUT2D eigenvalue weighted by atomic mass is 79.9. The van der Waals surface area contributed by atoms with Gasteiger partial charge in [-0.25, -0.2) is 0 Å². The number of hydrogen-bond acceptors (Lipinski definition) is 5. The van der Waals surface area contributed by atoms with Crippen molar-refractivity contribution in [1.82, 2.24) is 15.1 Å². The number of β-amino-alcohol motifs (C(OH)–C–C–N with tert-alkyl or cyclic N) is 1. The Labute approximate surface area is 119 Å². The molecule has 19 heavy (non-hydrogen) atoms. The lowest BCUT2D eigenvalue weighted by molar-refractivity contribution is 0.171. The van der Waals surface area contributed by atoms with E-state index in [1.165, 1.54) is 0 Å². The zero-order valence-electron chi connectivity index (χ0n) is 10.3. The number of halogens is 1. The maximum atomic E-state index is 9.48. The van der Waals surface area contributed by atoms with Gasteiger partial charge in [0.05, 0.1) is 18.2 Å². The van der Waals surface area contributed by atoms with Crippen LogP contribution in [0.15, 0.2) is 33.2 Å². The average Bonchev–Trinajstić information content (AvgIpc) is 3.00. The van der Waals surface area contributed by atoms with E-state index in [9.17, 15) is 5.11 Å². The number of likely N-dealkylation sites (tertiary alicyclic amines) is 1. The first-order valence-corrected chi connectivity index (χ1v) is 6.99. The molecule has 1 aliphatic heterocycles. The number of aliphatic hydroxyl groups excluding tert-OH is 1. The van der Waals surface area contributed by atoms with Gasteiger partial charge in [0.2, 0.25) is 11.8 Å². The minimum Gasteiger partial charge on any atom is -0.419 e. The number of aliphatic hydroxyl groups is 1. The molecule has 2 aromatic rings. The van der Waals surface area contributed by atoms with E-state index in [1.54, 1.807) is 0 Å². The first-order valence-electron chi connectivity index (χ1n) is 6.20. The van der Waals surface area contributed by atoms with Gasteiger partial charge in [-0.3, -0.25) is 4.90 Å². The molecule has 0 radical (unpaired) electrons. The third-order valence-electron chi connectivity index (χ3n) is 3.18. The fourth-order valence-corrected chi connectivity index (χ4v) is 2.66.